The van der Waals surface area contributed by atoms with Gasteiger partial charge < -0.3 is 9.64 Å². The van der Waals surface area contributed by atoms with Gasteiger partial charge in [-0.25, -0.2) is 8.78 Å². The molecular weight excluding hydrogens is 376 g/mol. The number of carbonyl (C=O) groups excluding carboxylic acids is 1. The van der Waals surface area contributed by atoms with Crippen molar-refractivity contribution in [2.75, 3.05) is 13.1 Å². The van der Waals surface area contributed by atoms with Crippen LogP contribution in [0.3, 0.4) is 0 Å². The summed E-state index contributed by atoms with van der Waals surface area (Å²) in [6, 6.07) is 13.9. The molecule has 0 saturated carbocycles. The van der Waals surface area contributed by atoms with Crippen LogP contribution in [0.15, 0.2) is 54.6 Å². The van der Waals surface area contributed by atoms with E-state index in [0.29, 0.717) is 18.8 Å². The fraction of sp³-hybridized carbons (Fsp3) is 0.273. The first-order valence-corrected chi connectivity index (χ1v) is 9.51. The molecule has 1 N–H and O–H groups in total. The van der Waals surface area contributed by atoms with Gasteiger partial charge in [0.05, 0.1) is 17.8 Å². The number of ether oxygens (including phenoxy) is 1. The first kappa shape index (κ1) is 19.1. The molecule has 0 radical (unpaired) electrons. The van der Waals surface area contributed by atoms with Gasteiger partial charge in [-0.05, 0) is 42.3 Å². The topological polar surface area (TPSA) is 58.2 Å². The van der Waals surface area contributed by atoms with Gasteiger partial charge in [-0.15, -0.1) is 0 Å². The summed E-state index contributed by atoms with van der Waals surface area (Å²) in [6.07, 6.45) is 1.10. The van der Waals surface area contributed by atoms with Crippen LogP contribution < -0.4 is 4.74 Å². The average molecular weight is 397 g/mol. The number of amides is 1. The number of nitrogens with one attached hydrogen (secondary N) is 1. The number of benzene rings is 2. The summed E-state index contributed by atoms with van der Waals surface area (Å²) in [6.45, 7) is 1.54. The Morgan fingerprint density at radius 1 is 1.14 bits per heavy atom. The van der Waals surface area contributed by atoms with E-state index in [1.54, 1.807) is 24.3 Å². The molecule has 1 amide bonds. The Kier molecular flexibility index (Phi) is 5.55. The largest absolute Gasteiger partial charge is 0.487 e. The normalized spacial score (nSPS) is 16.2. The maximum absolute atomic E-state index is 13.2. The molecule has 2 heterocycles. The van der Waals surface area contributed by atoms with Crippen molar-refractivity contribution < 1.29 is 18.3 Å². The molecular formula is C22H21F2N3O2. The fourth-order valence-electron chi connectivity index (χ4n) is 3.50. The van der Waals surface area contributed by atoms with E-state index in [1.165, 1.54) is 24.3 Å². The number of H-pyrrole nitrogens is 1. The van der Waals surface area contributed by atoms with E-state index < -0.39 is 0 Å². The molecule has 3 aromatic rings. The van der Waals surface area contributed by atoms with Crippen molar-refractivity contribution in [1.29, 1.82) is 0 Å². The highest BCUT2D eigenvalue weighted by Crippen LogP contribution is 2.27. The van der Waals surface area contributed by atoms with Gasteiger partial charge in [0.2, 0.25) is 5.91 Å². The molecule has 0 spiro atoms. The molecule has 7 heteroatoms. The zero-order valence-corrected chi connectivity index (χ0v) is 15.8. The first-order valence-electron chi connectivity index (χ1n) is 9.51. The van der Waals surface area contributed by atoms with E-state index in [1.807, 2.05) is 11.0 Å². The number of hydrogen-bond acceptors (Lipinski definition) is 3. The smallest absolute Gasteiger partial charge is 0.227 e. The van der Waals surface area contributed by atoms with Gasteiger partial charge in [0.15, 0.2) is 0 Å². The van der Waals surface area contributed by atoms with Crippen LogP contribution in [-0.2, 0) is 17.8 Å². The lowest BCUT2D eigenvalue weighted by atomic mass is 10.1. The Morgan fingerprint density at radius 3 is 2.76 bits per heavy atom. The van der Waals surface area contributed by atoms with Gasteiger partial charge in [0, 0.05) is 25.1 Å². The van der Waals surface area contributed by atoms with Crippen LogP contribution in [0.5, 0.6) is 5.75 Å². The molecule has 2 aromatic carbocycles. The summed E-state index contributed by atoms with van der Waals surface area (Å²) in [4.78, 5) is 14.3. The van der Waals surface area contributed by atoms with Crippen molar-refractivity contribution >= 4 is 5.91 Å². The second-order valence-corrected chi connectivity index (χ2v) is 7.19. The zero-order chi connectivity index (χ0) is 20.2. The number of aromatic nitrogens is 2. The number of halogens is 2. The Bertz CT molecular complexity index is 988. The quantitative estimate of drug-likeness (QED) is 0.688. The Hall–Kier alpha value is -3.22. The lowest BCUT2D eigenvalue weighted by molar-refractivity contribution is -0.129. The summed E-state index contributed by atoms with van der Waals surface area (Å²) >= 11 is 0. The molecule has 1 fully saturated rings. The number of likely N-dealkylation sites (tertiary alicyclic amines) is 1. The molecule has 150 valence electrons. The van der Waals surface area contributed by atoms with Gasteiger partial charge in [-0.3, -0.25) is 9.89 Å². The average Bonchev–Trinajstić information content (AvgIpc) is 3.38. The Morgan fingerprint density at radius 2 is 1.97 bits per heavy atom. The first-order chi connectivity index (χ1) is 14.1. The Balaban J connectivity index is 1.31. The van der Waals surface area contributed by atoms with Crippen LogP contribution >= 0.6 is 0 Å². The van der Waals surface area contributed by atoms with Crippen LogP contribution in [0.2, 0.25) is 0 Å². The third kappa shape index (κ3) is 4.80. The van der Waals surface area contributed by atoms with Gasteiger partial charge in [0.1, 0.15) is 24.0 Å². The fourth-order valence-corrected chi connectivity index (χ4v) is 3.50. The minimum Gasteiger partial charge on any atom is -0.487 e. The van der Waals surface area contributed by atoms with Crippen molar-refractivity contribution in [2.45, 2.75) is 25.4 Å². The SMILES string of the molecule is O=C(Cc1ccc(F)cc1)N1CC[C@@H](c2cc(COc3cccc(F)c3)[nH]n2)C1. The molecule has 1 aliphatic heterocycles. The molecule has 4 rings (SSSR count). The summed E-state index contributed by atoms with van der Waals surface area (Å²) in [5.41, 5.74) is 2.48. The monoisotopic (exact) mass is 397 g/mol. The van der Waals surface area contributed by atoms with E-state index >= 15 is 0 Å². The van der Waals surface area contributed by atoms with Crippen LogP contribution in [-0.4, -0.2) is 34.1 Å². The molecule has 29 heavy (non-hydrogen) atoms. The number of hydrogen-bond donors (Lipinski definition) is 1. The lowest BCUT2D eigenvalue weighted by Crippen LogP contribution is -2.29. The van der Waals surface area contributed by atoms with Crippen LogP contribution in [0.4, 0.5) is 8.78 Å². The van der Waals surface area contributed by atoms with Crippen molar-refractivity contribution in [3.05, 3.63) is 83.2 Å². The standard InChI is InChI=1S/C22H21F2N3O2/c23-17-6-4-15(5-7-17)10-22(28)27-9-8-16(13-27)21-12-19(25-26-21)14-29-20-3-1-2-18(24)11-20/h1-7,11-12,16H,8-10,13-14H2,(H,25,26)/t16-/m1/s1. The summed E-state index contributed by atoms with van der Waals surface area (Å²) in [5, 5.41) is 7.31. The molecule has 0 aliphatic carbocycles. The molecule has 5 nitrogen and oxygen atoms in total. The molecule has 1 aromatic heterocycles. The number of rotatable bonds is 6. The maximum Gasteiger partial charge on any atom is 0.227 e. The number of carbonyl (C=O) groups is 1. The molecule has 1 saturated heterocycles. The third-order valence-corrected chi connectivity index (χ3v) is 5.07. The van der Waals surface area contributed by atoms with E-state index in [-0.39, 0.29) is 36.5 Å². The summed E-state index contributed by atoms with van der Waals surface area (Å²) in [5.74, 6) is -0.00229. The molecule has 1 aliphatic rings. The highest BCUT2D eigenvalue weighted by atomic mass is 19.1. The summed E-state index contributed by atoms with van der Waals surface area (Å²) < 4.78 is 31.8. The molecule has 0 unspecified atom stereocenters. The number of aromatic amines is 1. The van der Waals surface area contributed by atoms with Crippen molar-refractivity contribution in [3.8, 4) is 5.75 Å². The van der Waals surface area contributed by atoms with Gasteiger partial charge in [-0.2, -0.15) is 5.10 Å². The summed E-state index contributed by atoms with van der Waals surface area (Å²) in [7, 11) is 0. The maximum atomic E-state index is 13.2. The minimum absolute atomic E-state index is 0.0318. The third-order valence-electron chi connectivity index (χ3n) is 5.07. The van der Waals surface area contributed by atoms with E-state index in [0.717, 1.165) is 23.4 Å². The Labute approximate surface area is 167 Å². The predicted octanol–water partition coefficient (Wildman–Crippen LogP) is 3.83. The van der Waals surface area contributed by atoms with Crippen LogP contribution in [0, 0.1) is 11.6 Å². The molecule has 0 bridgehead atoms. The minimum atomic E-state index is -0.343. The lowest BCUT2D eigenvalue weighted by Gasteiger charge is -2.16. The highest BCUT2D eigenvalue weighted by Gasteiger charge is 2.28. The predicted molar refractivity (Wildman–Crippen MR) is 103 cm³/mol. The second-order valence-electron chi connectivity index (χ2n) is 7.19. The van der Waals surface area contributed by atoms with Gasteiger partial charge in [0.25, 0.3) is 0 Å². The van der Waals surface area contributed by atoms with Crippen molar-refractivity contribution in [3.63, 3.8) is 0 Å². The van der Waals surface area contributed by atoms with E-state index in [4.69, 9.17) is 4.74 Å². The van der Waals surface area contributed by atoms with Gasteiger partial charge >= 0.3 is 0 Å². The van der Waals surface area contributed by atoms with Crippen LogP contribution in [0.1, 0.15) is 29.3 Å². The van der Waals surface area contributed by atoms with Crippen LogP contribution in [0.25, 0.3) is 0 Å². The van der Waals surface area contributed by atoms with Gasteiger partial charge in [-0.1, -0.05) is 18.2 Å². The second kappa shape index (κ2) is 8.43. The van der Waals surface area contributed by atoms with E-state index in [2.05, 4.69) is 10.2 Å². The van der Waals surface area contributed by atoms with E-state index in [9.17, 15) is 13.6 Å². The molecule has 1 atom stereocenters. The highest BCUT2D eigenvalue weighted by molar-refractivity contribution is 5.79. The zero-order valence-electron chi connectivity index (χ0n) is 15.8. The van der Waals surface area contributed by atoms with Crippen molar-refractivity contribution in [2.24, 2.45) is 0 Å². The van der Waals surface area contributed by atoms with Crippen molar-refractivity contribution in [1.82, 2.24) is 15.1 Å². The number of nitrogens with zero attached hydrogens (tertiary/aromatic N) is 2.